The Kier molecular flexibility index (Phi) is 3.54. The number of aliphatic hydroxyl groups is 1. The van der Waals surface area contributed by atoms with Crippen LogP contribution in [-0.4, -0.2) is 20.8 Å². The summed E-state index contributed by atoms with van der Waals surface area (Å²) in [7, 11) is 1.74. The maximum absolute atomic E-state index is 13.0. The van der Waals surface area contributed by atoms with Crippen molar-refractivity contribution in [3.05, 3.63) is 16.4 Å². The van der Waals surface area contributed by atoms with Crippen LogP contribution in [0, 0.1) is 5.92 Å². The Morgan fingerprint density at radius 3 is 2.59 bits per heavy atom. The number of rotatable bonds is 2. The molecular formula is C11H15BrF2N2O. The molecule has 1 atom stereocenters. The highest BCUT2D eigenvalue weighted by atomic mass is 79.9. The number of hydrogen-bond acceptors (Lipinski definition) is 2. The summed E-state index contributed by atoms with van der Waals surface area (Å²) in [5.41, 5.74) is 0.667. The molecule has 1 heterocycles. The molecular weight excluding hydrogens is 294 g/mol. The Bertz CT molecular complexity index is 379. The molecule has 0 aliphatic heterocycles. The van der Waals surface area contributed by atoms with Crippen LogP contribution in [0.4, 0.5) is 8.78 Å². The van der Waals surface area contributed by atoms with Crippen LogP contribution in [0.1, 0.15) is 37.5 Å². The van der Waals surface area contributed by atoms with Crippen molar-refractivity contribution in [2.45, 2.75) is 37.7 Å². The molecule has 1 aliphatic rings. The van der Waals surface area contributed by atoms with Crippen molar-refractivity contribution in [2.24, 2.45) is 13.0 Å². The molecule has 3 nitrogen and oxygen atoms in total. The van der Waals surface area contributed by atoms with E-state index in [1.54, 1.807) is 17.9 Å². The minimum atomic E-state index is -2.56. The van der Waals surface area contributed by atoms with Crippen molar-refractivity contribution in [1.82, 2.24) is 9.78 Å². The summed E-state index contributed by atoms with van der Waals surface area (Å²) in [4.78, 5) is 0. The maximum atomic E-state index is 13.0. The normalized spacial score (nSPS) is 22.6. The number of nitrogens with zero attached hydrogens (tertiary/aromatic N) is 2. The average molecular weight is 309 g/mol. The third kappa shape index (κ3) is 2.68. The van der Waals surface area contributed by atoms with E-state index in [0.717, 1.165) is 4.47 Å². The molecule has 1 aromatic rings. The Morgan fingerprint density at radius 1 is 1.53 bits per heavy atom. The van der Waals surface area contributed by atoms with E-state index in [0.29, 0.717) is 18.5 Å². The third-order valence-electron chi connectivity index (χ3n) is 3.43. The fraction of sp³-hybridized carbons (Fsp3) is 0.727. The lowest BCUT2D eigenvalue weighted by Gasteiger charge is -2.31. The predicted octanol–water partition coefficient (Wildman–Crippen LogP) is 3.04. The van der Waals surface area contributed by atoms with Gasteiger partial charge in [-0.05, 0) is 34.7 Å². The number of aromatic nitrogens is 2. The molecule has 1 fully saturated rings. The second kappa shape index (κ2) is 4.65. The second-order valence-corrected chi connectivity index (χ2v) is 5.49. The molecule has 0 bridgehead atoms. The van der Waals surface area contributed by atoms with Gasteiger partial charge in [-0.2, -0.15) is 5.10 Å². The van der Waals surface area contributed by atoms with Crippen molar-refractivity contribution in [1.29, 1.82) is 0 Å². The van der Waals surface area contributed by atoms with Crippen LogP contribution in [-0.2, 0) is 7.05 Å². The molecule has 1 aromatic heterocycles. The summed E-state index contributed by atoms with van der Waals surface area (Å²) >= 11 is 3.32. The molecule has 1 aliphatic carbocycles. The number of halogens is 3. The van der Waals surface area contributed by atoms with E-state index in [1.165, 1.54) is 0 Å². The van der Waals surface area contributed by atoms with Gasteiger partial charge >= 0.3 is 0 Å². The zero-order valence-electron chi connectivity index (χ0n) is 9.54. The summed E-state index contributed by atoms with van der Waals surface area (Å²) in [6.07, 6.45) is 1.31. The van der Waals surface area contributed by atoms with Crippen LogP contribution in [0.25, 0.3) is 0 Å². The predicted molar refractivity (Wildman–Crippen MR) is 62.8 cm³/mol. The number of aryl methyl sites for hydroxylation is 1. The smallest absolute Gasteiger partial charge is 0.248 e. The van der Waals surface area contributed by atoms with Gasteiger partial charge in [-0.1, -0.05) is 0 Å². The topological polar surface area (TPSA) is 38.0 Å². The molecule has 17 heavy (non-hydrogen) atoms. The fourth-order valence-electron chi connectivity index (χ4n) is 2.35. The molecule has 1 unspecified atom stereocenters. The van der Waals surface area contributed by atoms with Crippen molar-refractivity contribution < 1.29 is 13.9 Å². The molecule has 6 heteroatoms. The highest BCUT2D eigenvalue weighted by Crippen LogP contribution is 2.42. The minimum absolute atomic E-state index is 0.110. The summed E-state index contributed by atoms with van der Waals surface area (Å²) < 4.78 is 28.4. The highest BCUT2D eigenvalue weighted by molar-refractivity contribution is 9.10. The Balaban J connectivity index is 2.09. The molecule has 2 rings (SSSR count). The van der Waals surface area contributed by atoms with Gasteiger partial charge in [-0.15, -0.1) is 0 Å². The lowest BCUT2D eigenvalue weighted by atomic mass is 9.82. The maximum Gasteiger partial charge on any atom is 0.248 e. The Hall–Kier alpha value is -0.490. The quantitative estimate of drug-likeness (QED) is 0.912. The van der Waals surface area contributed by atoms with Crippen LogP contribution in [0.5, 0.6) is 0 Å². The first-order valence-corrected chi connectivity index (χ1v) is 6.43. The van der Waals surface area contributed by atoms with E-state index in [1.807, 2.05) is 0 Å². The van der Waals surface area contributed by atoms with Crippen LogP contribution < -0.4 is 0 Å². The fourth-order valence-corrected chi connectivity index (χ4v) is 2.94. The van der Waals surface area contributed by atoms with Crippen LogP contribution in [0.3, 0.4) is 0 Å². The van der Waals surface area contributed by atoms with E-state index >= 15 is 0 Å². The van der Waals surface area contributed by atoms with Crippen LogP contribution >= 0.6 is 15.9 Å². The van der Waals surface area contributed by atoms with Crippen molar-refractivity contribution in [2.75, 3.05) is 0 Å². The van der Waals surface area contributed by atoms with Crippen LogP contribution in [0.15, 0.2) is 10.7 Å². The molecule has 0 radical (unpaired) electrons. The first-order valence-electron chi connectivity index (χ1n) is 5.64. The summed E-state index contributed by atoms with van der Waals surface area (Å²) in [5.74, 6) is -2.67. The SMILES string of the molecule is Cn1ncc(Br)c1C(O)C1CCC(F)(F)CC1. The minimum Gasteiger partial charge on any atom is -0.386 e. The van der Waals surface area contributed by atoms with E-state index in [4.69, 9.17) is 0 Å². The number of aliphatic hydroxyl groups excluding tert-OH is 1. The highest BCUT2D eigenvalue weighted by Gasteiger charge is 2.38. The first kappa shape index (κ1) is 13.0. The van der Waals surface area contributed by atoms with Gasteiger partial charge in [0, 0.05) is 19.9 Å². The molecule has 96 valence electrons. The van der Waals surface area contributed by atoms with Gasteiger partial charge in [0.1, 0.15) is 0 Å². The van der Waals surface area contributed by atoms with Crippen molar-refractivity contribution in [3.63, 3.8) is 0 Å². The Morgan fingerprint density at radius 2 is 2.12 bits per heavy atom. The van der Waals surface area contributed by atoms with Gasteiger partial charge < -0.3 is 5.11 Å². The lowest BCUT2D eigenvalue weighted by molar-refractivity contribution is -0.0636. The standard InChI is InChI=1S/C11H15BrF2N2O/c1-16-9(8(12)6-15-16)10(17)7-2-4-11(13,14)5-3-7/h6-7,10,17H,2-5H2,1H3. The van der Waals surface area contributed by atoms with Crippen LogP contribution in [0.2, 0.25) is 0 Å². The van der Waals surface area contributed by atoms with Gasteiger partial charge in [-0.25, -0.2) is 8.78 Å². The molecule has 0 amide bonds. The number of alkyl halides is 2. The average Bonchev–Trinajstić information content (AvgIpc) is 2.58. The second-order valence-electron chi connectivity index (χ2n) is 4.64. The molecule has 1 saturated carbocycles. The monoisotopic (exact) mass is 308 g/mol. The number of hydrogen-bond donors (Lipinski definition) is 1. The third-order valence-corrected chi connectivity index (χ3v) is 4.04. The van der Waals surface area contributed by atoms with Gasteiger partial charge in [0.25, 0.3) is 0 Å². The molecule has 1 N–H and O–H groups in total. The van der Waals surface area contributed by atoms with E-state index in [-0.39, 0.29) is 18.8 Å². The summed E-state index contributed by atoms with van der Waals surface area (Å²) in [6.45, 7) is 0. The van der Waals surface area contributed by atoms with Gasteiger partial charge in [-0.3, -0.25) is 4.68 Å². The largest absolute Gasteiger partial charge is 0.386 e. The summed E-state index contributed by atoms with van der Waals surface area (Å²) in [5, 5.41) is 14.3. The van der Waals surface area contributed by atoms with Gasteiger partial charge in [0.05, 0.1) is 22.5 Å². The summed E-state index contributed by atoms with van der Waals surface area (Å²) in [6, 6.07) is 0. The molecule has 0 aromatic carbocycles. The van der Waals surface area contributed by atoms with E-state index < -0.39 is 12.0 Å². The molecule has 0 saturated heterocycles. The Labute approximate surface area is 107 Å². The zero-order valence-corrected chi connectivity index (χ0v) is 11.1. The van der Waals surface area contributed by atoms with Crippen molar-refractivity contribution >= 4 is 15.9 Å². The molecule has 0 spiro atoms. The van der Waals surface area contributed by atoms with E-state index in [2.05, 4.69) is 21.0 Å². The van der Waals surface area contributed by atoms with Crippen molar-refractivity contribution in [3.8, 4) is 0 Å². The van der Waals surface area contributed by atoms with Gasteiger partial charge in [0.15, 0.2) is 0 Å². The van der Waals surface area contributed by atoms with E-state index in [9.17, 15) is 13.9 Å². The zero-order chi connectivity index (χ0) is 12.6. The van der Waals surface area contributed by atoms with Gasteiger partial charge in [0.2, 0.25) is 5.92 Å². The lowest BCUT2D eigenvalue weighted by Crippen LogP contribution is -2.28. The first-order chi connectivity index (χ1) is 7.91.